The number of anilines is 1. The number of nitrogens with one attached hydrogen (secondary N) is 1. The fraction of sp³-hybridized carbons (Fsp3) is 0.394. The molecule has 0 aliphatic carbocycles. The van der Waals surface area contributed by atoms with Crippen molar-refractivity contribution >= 4 is 40.5 Å². The number of carbonyl (C=O) groups excluding carboxylic acids is 2. The summed E-state index contributed by atoms with van der Waals surface area (Å²) in [6.07, 6.45) is -1.28. The van der Waals surface area contributed by atoms with Gasteiger partial charge in [0.05, 0.1) is 58.6 Å². The van der Waals surface area contributed by atoms with E-state index in [2.05, 4.69) is 20.4 Å². The Hall–Kier alpha value is -4.80. The molecule has 0 bridgehead atoms. The third kappa shape index (κ3) is 5.90. The topological polar surface area (TPSA) is 153 Å². The van der Waals surface area contributed by atoms with E-state index >= 15 is 0 Å². The molecule has 4 aromatic rings. The number of nitrogens with zero attached hydrogens (tertiary/aromatic N) is 6. The lowest BCUT2D eigenvalue weighted by Gasteiger charge is -2.39. The highest BCUT2D eigenvalue weighted by Crippen LogP contribution is 2.48. The predicted octanol–water partition coefficient (Wildman–Crippen LogP) is 4.64. The number of piperidine rings is 1. The number of likely N-dealkylation sites (tertiary alicyclic amines) is 1. The smallest absolute Gasteiger partial charge is 0.416 e. The maximum atomic E-state index is 14.3. The quantitative estimate of drug-likeness (QED) is 0.301. The number of rotatable bonds is 5. The summed E-state index contributed by atoms with van der Waals surface area (Å²) < 4.78 is 54.2. The molecular formula is C33H31ClF3N7O6. The molecule has 50 heavy (non-hydrogen) atoms. The maximum absolute atomic E-state index is 14.3. The number of carbonyl (C=O) groups is 2. The molecule has 0 saturated carbocycles. The molecule has 6 heterocycles. The van der Waals surface area contributed by atoms with Gasteiger partial charge in [-0.15, -0.1) is 5.10 Å². The zero-order valence-corrected chi connectivity index (χ0v) is 27.6. The standard InChI is InChI=1S/C33H31ClF3N7O6/c1-17-13-21(24(45)15-38-17)29(47)42-9-7-32(8-10-42)26-27(18(2)50-32)43(16-25(46)39-23-4-3-20(14-22(23)34)33(35,36)37)31-40-28(41-44(31)30(26)48)19-5-11-49-12-6-19/h3-5,13-15,18,45H,6-12,16H2,1-2H3,(H,39,46)/t18-/m1/s1. The normalized spacial score (nSPS) is 18.7. The first-order chi connectivity index (χ1) is 23.8. The average molecular weight is 714 g/mol. The van der Waals surface area contributed by atoms with Crippen LogP contribution in [-0.2, 0) is 32.6 Å². The Morgan fingerprint density at radius 2 is 1.96 bits per heavy atom. The molecule has 3 aromatic heterocycles. The minimum Gasteiger partial charge on any atom is -0.505 e. The molecule has 2 amide bonds. The van der Waals surface area contributed by atoms with Gasteiger partial charge in [-0.2, -0.15) is 22.7 Å². The second-order valence-electron chi connectivity index (χ2n) is 12.5. The van der Waals surface area contributed by atoms with E-state index in [9.17, 15) is 32.7 Å². The Balaban J connectivity index is 1.26. The van der Waals surface area contributed by atoms with E-state index in [1.807, 2.05) is 6.08 Å². The number of hydrogen-bond donors (Lipinski definition) is 2. The van der Waals surface area contributed by atoms with Crippen molar-refractivity contribution in [2.45, 2.75) is 57.5 Å². The Bertz CT molecular complexity index is 2140. The summed E-state index contributed by atoms with van der Waals surface area (Å²) in [7, 11) is 0. The molecule has 262 valence electrons. The number of aryl methyl sites for hydroxylation is 1. The largest absolute Gasteiger partial charge is 0.505 e. The van der Waals surface area contributed by atoms with Gasteiger partial charge in [0.15, 0.2) is 5.82 Å². The Kier molecular flexibility index (Phi) is 8.43. The zero-order chi connectivity index (χ0) is 35.5. The van der Waals surface area contributed by atoms with E-state index in [1.54, 1.807) is 18.7 Å². The van der Waals surface area contributed by atoms with Gasteiger partial charge in [0.2, 0.25) is 11.7 Å². The minimum atomic E-state index is -4.62. The molecule has 1 saturated heterocycles. The zero-order valence-electron chi connectivity index (χ0n) is 26.9. The van der Waals surface area contributed by atoms with Gasteiger partial charge < -0.3 is 29.4 Å². The average Bonchev–Trinajstić information content (AvgIpc) is 3.65. The van der Waals surface area contributed by atoms with Crippen LogP contribution < -0.4 is 10.9 Å². The van der Waals surface area contributed by atoms with Gasteiger partial charge in [-0.1, -0.05) is 17.7 Å². The summed E-state index contributed by atoms with van der Waals surface area (Å²) in [5.74, 6) is -0.890. The molecule has 1 spiro atoms. The minimum absolute atomic E-state index is 0.0267. The van der Waals surface area contributed by atoms with E-state index in [1.165, 1.54) is 16.8 Å². The Morgan fingerprint density at radius 3 is 2.64 bits per heavy atom. The second kappa shape index (κ2) is 12.5. The van der Waals surface area contributed by atoms with Crippen LogP contribution in [0.3, 0.4) is 0 Å². The molecule has 1 fully saturated rings. The van der Waals surface area contributed by atoms with Crippen molar-refractivity contribution in [1.82, 2.24) is 29.0 Å². The monoisotopic (exact) mass is 713 g/mol. The van der Waals surface area contributed by atoms with Gasteiger partial charge in [0.25, 0.3) is 11.5 Å². The maximum Gasteiger partial charge on any atom is 0.416 e. The fourth-order valence-electron chi connectivity index (χ4n) is 6.86. The number of fused-ring (bicyclic) bond motifs is 3. The Morgan fingerprint density at radius 1 is 1.20 bits per heavy atom. The predicted molar refractivity (Wildman–Crippen MR) is 173 cm³/mol. The lowest BCUT2D eigenvalue weighted by atomic mass is 9.85. The van der Waals surface area contributed by atoms with E-state index in [0.717, 1.165) is 28.3 Å². The van der Waals surface area contributed by atoms with Crippen molar-refractivity contribution in [3.63, 3.8) is 0 Å². The first-order valence-electron chi connectivity index (χ1n) is 15.9. The fourth-order valence-corrected chi connectivity index (χ4v) is 7.09. The SMILES string of the molecule is Cc1cc(C(=O)N2CCC3(CC2)O[C@H](C)c2c3c(=O)n3nc(C4=CCOCC4)nc3n2CC(=O)Nc2ccc(C(F)(F)F)cc2Cl)c(O)cn1. The summed E-state index contributed by atoms with van der Waals surface area (Å²) in [5.41, 5.74) is -0.455. The van der Waals surface area contributed by atoms with E-state index in [0.29, 0.717) is 36.8 Å². The third-order valence-electron chi connectivity index (χ3n) is 9.26. The van der Waals surface area contributed by atoms with Crippen LogP contribution in [0, 0.1) is 6.92 Å². The molecule has 0 radical (unpaired) electrons. The first-order valence-corrected chi connectivity index (χ1v) is 16.2. The number of hydrogen-bond acceptors (Lipinski definition) is 9. The summed E-state index contributed by atoms with van der Waals surface area (Å²) >= 11 is 6.12. The van der Waals surface area contributed by atoms with E-state index < -0.39 is 41.5 Å². The van der Waals surface area contributed by atoms with Gasteiger partial charge in [0.1, 0.15) is 17.9 Å². The highest BCUT2D eigenvalue weighted by molar-refractivity contribution is 6.33. The van der Waals surface area contributed by atoms with Crippen LogP contribution in [0.4, 0.5) is 18.9 Å². The van der Waals surface area contributed by atoms with Crippen molar-refractivity contribution in [3.8, 4) is 5.75 Å². The second-order valence-corrected chi connectivity index (χ2v) is 12.9. The number of amides is 2. The van der Waals surface area contributed by atoms with Crippen LogP contribution in [0.25, 0.3) is 11.4 Å². The first kappa shape index (κ1) is 33.7. The molecule has 7 rings (SSSR count). The molecule has 1 atom stereocenters. The van der Waals surface area contributed by atoms with Crippen LogP contribution in [-0.4, -0.2) is 72.3 Å². The molecule has 1 aromatic carbocycles. The third-order valence-corrected chi connectivity index (χ3v) is 9.57. The van der Waals surface area contributed by atoms with Crippen LogP contribution >= 0.6 is 11.6 Å². The number of ether oxygens (including phenoxy) is 2. The molecule has 3 aliphatic heterocycles. The molecular weight excluding hydrogens is 683 g/mol. The molecule has 17 heteroatoms. The van der Waals surface area contributed by atoms with Gasteiger partial charge in [-0.05, 0) is 62.9 Å². The molecule has 3 aliphatic rings. The molecule has 13 nitrogen and oxygen atoms in total. The number of benzene rings is 1. The summed E-state index contributed by atoms with van der Waals surface area (Å²) in [4.78, 5) is 51.5. The number of pyridine rings is 1. The number of aromatic hydroxyl groups is 1. The number of halogens is 4. The summed E-state index contributed by atoms with van der Waals surface area (Å²) in [6.45, 7) is 4.25. The van der Waals surface area contributed by atoms with Crippen molar-refractivity contribution in [2.75, 3.05) is 31.6 Å². The van der Waals surface area contributed by atoms with Crippen LogP contribution in [0.1, 0.15) is 71.0 Å². The highest BCUT2D eigenvalue weighted by atomic mass is 35.5. The van der Waals surface area contributed by atoms with E-state index in [-0.39, 0.29) is 65.2 Å². The number of alkyl halides is 3. The van der Waals surface area contributed by atoms with Crippen molar-refractivity contribution < 1.29 is 37.3 Å². The lowest BCUT2D eigenvalue weighted by Crippen LogP contribution is -2.47. The van der Waals surface area contributed by atoms with Crippen molar-refractivity contribution in [3.05, 3.63) is 85.8 Å². The summed E-state index contributed by atoms with van der Waals surface area (Å²) in [5, 5.41) is 17.1. The van der Waals surface area contributed by atoms with Crippen LogP contribution in [0.2, 0.25) is 5.02 Å². The van der Waals surface area contributed by atoms with E-state index in [4.69, 9.17) is 21.1 Å². The van der Waals surface area contributed by atoms with Crippen molar-refractivity contribution in [2.24, 2.45) is 0 Å². The van der Waals surface area contributed by atoms with Gasteiger partial charge in [-0.3, -0.25) is 19.4 Å². The van der Waals surface area contributed by atoms with Gasteiger partial charge in [-0.25, -0.2) is 0 Å². The number of aromatic nitrogens is 5. The van der Waals surface area contributed by atoms with Gasteiger partial charge in [0, 0.05) is 18.8 Å². The summed E-state index contributed by atoms with van der Waals surface area (Å²) in [6, 6.07) is 4.13. The lowest BCUT2D eigenvalue weighted by molar-refractivity contribution is -0.137. The van der Waals surface area contributed by atoms with Crippen molar-refractivity contribution in [1.29, 1.82) is 0 Å². The molecule has 0 unspecified atom stereocenters. The Labute approximate surface area is 287 Å². The van der Waals surface area contributed by atoms with Crippen LogP contribution in [0.5, 0.6) is 5.75 Å². The van der Waals surface area contributed by atoms with Gasteiger partial charge >= 0.3 is 6.18 Å². The molecule has 2 N–H and O–H groups in total. The highest BCUT2D eigenvalue weighted by Gasteiger charge is 2.50. The van der Waals surface area contributed by atoms with Crippen LogP contribution in [0.15, 0.2) is 41.3 Å².